The van der Waals surface area contributed by atoms with Gasteiger partial charge in [-0.3, -0.25) is 14.4 Å². The van der Waals surface area contributed by atoms with Gasteiger partial charge in [-0.05, 0) is 19.8 Å². The van der Waals surface area contributed by atoms with Gasteiger partial charge < -0.3 is 0 Å². The highest BCUT2D eigenvalue weighted by Crippen LogP contribution is 2.18. The Morgan fingerprint density at radius 3 is 1.52 bits per heavy atom. The van der Waals surface area contributed by atoms with Gasteiger partial charge in [-0.1, -0.05) is 97.8 Å². The predicted molar refractivity (Wildman–Crippen MR) is 123 cm³/mol. The molecule has 0 unspecified atom stereocenters. The monoisotopic (exact) mass is 408 g/mol. The van der Waals surface area contributed by atoms with Crippen LogP contribution in [0.15, 0.2) is 0 Å². The van der Waals surface area contributed by atoms with Crippen LogP contribution in [0.1, 0.15) is 137 Å². The van der Waals surface area contributed by atoms with Crippen LogP contribution in [0.2, 0.25) is 0 Å². The summed E-state index contributed by atoms with van der Waals surface area (Å²) >= 11 is 0. The van der Waals surface area contributed by atoms with Gasteiger partial charge in [0.05, 0.1) is 0 Å². The molecule has 1 atom stereocenters. The molecule has 0 aromatic heterocycles. The number of hydrogen-bond donors (Lipinski definition) is 0. The second-order valence-electron chi connectivity index (χ2n) is 9.20. The quantitative estimate of drug-likeness (QED) is 0.183. The number of unbranched alkanes of at least 4 members (excludes halogenated alkanes) is 12. The lowest BCUT2D eigenvalue weighted by Crippen LogP contribution is -2.18. The molecule has 0 aliphatic rings. The lowest BCUT2D eigenvalue weighted by atomic mass is 9.89. The van der Waals surface area contributed by atoms with Gasteiger partial charge in [-0.2, -0.15) is 0 Å². The number of ketones is 3. The maximum atomic E-state index is 12.2. The van der Waals surface area contributed by atoms with Crippen LogP contribution in [0.4, 0.5) is 0 Å². The Balaban J connectivity index is 3.64. The van der Waals surface area contributed by atoms with Crippen LogP contribution in [-0.4, -0.2) is 17.3 Å². The second kappa shape index (κ2) is 19.0. The van der Waals surface area contributed by atoms with Crippen LogP contribution in [0.5, 0.6) is 0 Å². The summed E-state index contributed by atoms with van der Waals surface area (Å²) in [4.78, 5) is 35.8. The zero-order chi connectivity index (χ0) is 21.9. The van der Waals surface area contributed by atoms with Gasteiger partial charge in [0.25, 0.3) is 0 Å². The first-order valence-electron chi connectivity index (χ1n) is 12.4. The minimum atomic E-state index is -0.271. The highest BCUT2D eigenvalue weighted by molar-refractivity contribution is 5.87. The number of Topliss-reactive ketones (excluding diaryl/α,β-unsaturated/α-hetero) is 3. The fraction of sp³-hybridized carbons (Fsp3) is 0.885. The first-order chi connectivity index (χ1) is 13.9. The minimum Gasteiger partial charge on any atom is -0.300 e. The minimum absolute atomic E-state index is 0.00380. The van der Waals surface area contributed by atoms with E-state index in [2.05, 4.69) is 6.92 Å². The van der Waals surface area contributed by atoms with Crippen molar-refractivity contribution in [3.8, 4) is 0 Å². The van der Waals surface area contributed by atoms with E-state index in [0.717, 1.165) is 12.8 Å². The van der Waals surface area contributed by atoms with Gasteiger partial charge >= 0.3 is 0 Å². The highest BCUT2D eigenvalue weighted by Gasteiger charge is 2.20. The van der Waals surface area contributed by atoms with E-state index in [1.807, 2.05) is 13.8 Å². The largest absolute Gasteiger partial charge is 0.300 e. The first kappa shape index (κ1) is 28.0. The molecule has 0 N–H and O–H groups in total. The molecule has 0 heterocycles. The normalized spacial score (nSPS) is 12.3. The Morgan fingerprint density at radius 1 is 0.655 bits per heavy atom. The topological polar surface area (TPSA) is 51.2 Å². The third-order valence-corrected chi connectivity index (χ3v) is 5.99. The summed E-state index contributed by atoms with van der Waals surface area (Å²) in [5.41, 5.74) is 0. The molecule has 0 bridgehead atoms. The summed E-state index contributed by atoms with van der Waals surface area (Å²) in [5, 5.41) is 0. The molecule has 0 amide bonds. The molecule has 0 fully saturated rings. The molecule has 0 aliphatic heterocycles. The Morgan fingerprint density at radius 2 is 1.10 bits per heavy atom. The van der Waals surface area contributed by atoms with Crippen molar-refractivity contribution >= 4 is 17.3 Å². The number of rotatable bonds is 21. The van der Waals surface area contributed by atoms with Crippen molar-refractivity contribution in [3.05, 3.63) is 0 Å². The first-order valence-corrected chi connectivity index (χ1v) is 12.4. The average molecular weight is 409 g/mol. The van der Waals surface area contributed by atoms with Crippen molar-refractivity contribution in [1.82, 2.24) is 0 Å². The number of carbonyl (C=O) groups is 3. The number of hydrogen-bond acceptors (Lipinski definition) is 3. The van der Waals surface area contributed by atoms with Crippen LogP contribution < -0.4 is 0 Å². The van der Waals surface area contributed by atoms with Gasteiger partial charge in [-0.25, -0.2) is 0 Å². The van der Waals surface area contributed by atoms with Crippen LogP contribution in [-0.2, 0) is 14.4 Å². The zero-order valence-corrected chi connectivity index (χ0v) is 19.9. The van der Waals surface area contributed by atoms with Crippen molar-refractivity contribution < 1.29 is 14.4 Å². The molecule has 3 heteroatoms. The molecule has 0 rings (SSSR count). The SMILES string of the molecule is CCCCCCCCCCCCCCCC(=O)C[C@@H](CCC(=O)C(C)C)C(C)=O. The predicted octanol–water partition coefficient (Wildman–Crippen LogP) is 7.64. The fourth-order valence-electron chi connectivity index (χ4n) is 3.77. The summed E-state index contributed by atoms with van der Waals surface area (Å²) in [6.07, 6.45) is 18.7. The van der Waals surface area contributed by atoms with Crippen molar-refractivity contribution in [2.75, 3.05) is 0 Å². The van der Waals surface area contributed by atoms with Gasteiger partial charge in [0.15, 0.2) is 0 Å². The molecule has 3 nitrogen and oxygen atoms in total. The standard InChI is InChI=1S/C26H48O3/c1-5-6-7-8-9-10-11-12-13-14-15-16-17-18-25(28)21-24(23(4)27)19-20-26(29)22(2)3/h22,24H,5-21H2,1-4H3/t24-/m1/s1. The second-order valence-corrected chi connectivity index (χ2v) is 9.20. The van der Waals surface area contributed by atoms with Gasteiger partial charge in [0.1, 0.15) is 17.3 Å². The van der Waals surface area contributed by atoms with Crippen molar-refractivity contribution in [2.45, 2.75) is 137 Å². The molecule has 0 saturated carbocycles. The van der Waals surface area contributed by atoms with E-state index in [9.17, 15) is 14.4 Å². The van der Waals surface area contributed by atoms with Crippen LogP contribution in [0.3, 0.4) is 0 Å². The molecule has 0 saturated heterocycles. The molecule has 0 aromatic carbocycles. The van der Waals surface area contributed by atoms with E-state index >= 15 is 0 Å². The van der Waals surface area contributed by atoms with E-state index in [0.29, 0.717) is 25.7 Å². The Kier molecular flexibility index (Phi) is 18.4. The smallest absolute Gasteiger partial charge is 0.135 e. The van der Waals surface area contributed by atoms with E-state index in [-0.39, 0.29) is 29.2 Å². The maximum absolute atomic E-state index is 12.2. The molecular weight excluding hydrogens is 360 g/mol. The molecule has 0 radical (unpaired) electrons. The van der Waals surface area contributed by atoms with E-state index in [1.165, 1.54) is 70.6 Å². The van der Waals surface area contributed by atoms with Gasteiger partial charge in [0.2, 0.25) is 0 Å². The fourth-order valence-corrected chi connectivity index (χ4v) is 3.77. The molecule has 0 spiro atoms. The summed E-state index contributed by atoms with van der Waals surface area (Å²) in [6.45, 7) is 7.57. The van der Waals surface area contributed by atoms with Gasteiger partial charge in [-0.15, -0.1) is 0 Å². The maximum Gasteiger partial charge on any atom is 0.135 e. The van der Waals surface area contributed by atoms with Gasteiger partial charge in [0, 0.05) is 31.1 Å². The lowest BCUT2D eigenvalue weighted by Gasteiger charge is -2.13. The highest BCUT2D eigenvalue weighted by atomic mass is 16.1. The van der Waals surface area contributed by atoms with Crippen LogP contribution >= 0.6 is 0 Å². The Hall–Kier alpha value is -0.990. The third-order valence-electron chi connectivity index (χ3n) is 5.99. The van der Waals surface area contributed by atoms with Crippen LogP contribution in [0.25, 0.3) is 0 Å². The van der Waals surface area contributed by atoms with Crippen molar-refractivity contribution in [1.29, 1.82) is 0 Å². The van der Waals surface area contributed by atoms with Crippen molar-refractivity contribution in [3.63, 3.8) is 0 Å². The molecule has 29 heavy (non-hydrogen) atoms. The van der Waals surface area contributed by atoms with E-state index < -0.39 is 0 Å². The Bertz CT molecular complexity index is 439. The lowest BCUT2D eigenvalue weighted by molar-refractivity contribution is -0.128. The molecule has 0 aromatic rings. The summed E-state index contributed by atoms with van der Waals surface area (Å²) < 4.78 is 0. The average Bonchev–Trinajstić information content (AvgIpc) is 2.68. The van der Waals surface area contributed by atoms with Crippen molar-refractivity contribution in [2.24, 2.45) is 11.8 Å². The molecular formula is C26H48O3. The zero-order valence-electron chi connectivity index (χ0n) is 19.9. The third kappa shape index (κ3) is 17.6. The van der Waals surface area contributed by atoms with Crippen LogP contribution in [0, 0.1) is 11.8 Å². The summed E-state index contributed by atoms with van der Waals surface area (Å²) in [6, 6.07) is 0. The Labute approximate surface area is 180 Å². The summed E-state index contributed by atoms with van der Waals surface area (Å²) in [5.74, 6) is 0.141. The molecule has 170 valence electrons. The van der Waals surface area contributed by atoms with E-state index in [4.69, 9.17) is 0 Å². The van der Waals surface area contributed by atoms with E-state index in [1.54, 1.807) is 6.92 Å². The number of carbonyl (C=O) groups excluding carboxylic acids is 3. The molecule has 0 aliphatic carbocycles. The summed E-state index contributed by atoms with van der Waals surface area (Å²) in [7, 11) is 0.